The summed E-state index contributed by atoms with van der Waals surface area (Å²) in [6.45, 7) is 0. The van der Waals surface area contributed by atoms with E-state index in [1.165, 1.54) is 5.34 Å². The fourth-order valence-corrected chi connectivity index (χ4v) is 0. The van der Waals surface area contributed by atoms with Crippen molar-refractivity contribution in [2.75, 3.05) is 0 Å². The Balaban J connectivity index is -0.0000000105. The Kier molecular flexibility index (Phi) is 199. The zero-order chi connectivity index (χ0) is 4.71. The Bertz CT molecular complexity index is 22.4. The monoisotopic (exact) mass is 149 g/mol. The molecule has 0 unspecified atom stereocenters. The maximum atomic E-state index is 8.11. The predicted molar refractivity (Wildman–Crippen MR) is 21.1 cm³/mol. The first-order valence-electron chi connectivity index (χ1n) is 0.601. The van der Waals surface area contributed by atoms with Crippen molar-refractivity contribution in [3.63, 3.8) is 0 Å². The van der Waals surface area contributed by atoms with Crippen LogP contribution in [0.3, 0.4) is 0 Å². The fourth-order valence-electron chi connectivity index (χ4n) is 0. The molecule has 36 valence electrons. The van der Waals surface area contributed by atoms with Crippen LogP contribution in [-0.2, 0) is 0 Å². The molecule has 0 aromatic heterocycles. The van der Waals surface area contributed by atoms with Crippen LogP contribution in [-0.4, -0.2) is 26.1 Å². The standard InChI is InChI=1S/Al.ClH.HNO2.Na.H2O/c;;2-1-3;;/h;1H;(H,2,3);;1H2/q+1;;;+1;/p-2. The molecule has 0 aliphatic heterocycles. The summed E-state index contributed by atoms with van der Waals surface area (Å²) in [5.41, 5.74) is 0. The van der Waals surface area contributed by atoms with Crippen molar-refractivity contribution in [1.82, 2.24) is 0 Å². The molecule has 0 aromatic carbocycles. The summed E-state index contributed by atoms with van der Waals surface area (Å²) in [7, 11) is 4.56. The van der Waals surface area contributed by atoms with Gasteiger partial charge >= 0.3 is 29.6 Å². The van der Waals surface area contributed by atoms with Gasteiger partial charge in [0.15, 0.2) is 5.34 Å². The van der Waals surface area contributed by atoms with E-state index in [1.54, 1.807) is 0 Å². The van der Waals surface area contributed by atoms with Crippen LogP contribution in [0.1, 0.15) is 0 Å². The molecule has 0 atom stereocenters. The van der Waals surface area contributed by atoms with E-state index in [4.69, 9.17) is 10.1 Å². The van der Waals surface area contributed by atoms with Crippen LogP contribution >= 0.6 is 10.0 Å². The Hall–Kier alpha value is 1.18. The van der Waals surface area contributed by atoms with Crippen molar-refractivity contribution in [2.24, 2.45) is 5.34 Å². The van der Waals surface area contributed by atoms with Gasteiger partial charge in [-0.15, -0.1) is 4.91 Å². The first kappa shape index (κ1) is 24.1. The van der Waals surface area contributed by atoms with Gasteiger partial charge in [0.05, 0.1) is 0 Å². The van der Waals surface area contributed by atoms with Crippen molar-refractivity contribution in [3.8, 4) is 0 Å². The molecule has 0 aliphatic carbocycles. The first-order chi connectivity index (χ1) is 2.41. The summed E-state index contributed by atoms with van der Waals surface area (Å²) in [6.07, 6.45) is 0. The Morgan fingerprint density at radius 2 is 1.57 bits per heavy atom. The molecule has 0 heterocycles. The van der Waals surface area contributed by atoms with Gasteiger partial charge in [0.1, 0.15) is 0 Å². The van der Waals surface area contributed by atoms with Gasteiger partial charge in [-0.05, 0) is 0 Å². The molecule has 4 nitrogen and oxygen atoms in total. The predicted octanol–water partition coefficient (Wildman–Crippen LogP) is -2.72. The van der Waals surface area contributed by atoms with E-state index in [2.05, 4.69) is 10.0 Å². The molecular formula is H2AlClNNaO3. The van der Waals surface area contributed by atoms with Crippen LogP contribution in [0.15, 0.2) is 5.34 Å². The van der Waals surface area contributed by atoms with E-state index in [0.717, 1.165) is 0 Å². The number of halogens is 1. The average Bonchev–Trinajstić information content (AvgIpc) is 1.46. The second-order valence-electron chi connectivity index (χ2n) is 0.0816. The van der Waals surface area contributed by atoms with Gasteiger partial charge < -0.3 is 10.7 Å². The summed E-state index contributed by atoms with van der Waals surface area (Å²) in [4.78, 5) is 8.11. The zero-order valence-corrected chi connectivity index (χ0v) is 7.62. The van der Waals surface area contributed by atoms with E-state index in [1.807, 2.05) is 15.4 Å². The van der Waals surface area contributed by atoms with E-state index in [0.29, 0.717) is 0 Å². The zero-order valence-electron chi connectivity index (χ0n) is 3.71. The van der Waals surface area contributed by atoms with Crippen LogP contribution in [0.2, 0.25) is 0 Å². The van der Waals surface area contributed by atoms with Crippen molar-refractivity contribution in [3.05, 3.63) is 4.91 Å². The largest absolute Gasteiger partial charge is 1.00 e. The Morgan fingerprint density at radius 1 is 1.57 bits per heavy atom. The second kappa shape index (κ2) is 57.6. The summed E-state index contributed by atoms with van der Waals surface area (Å²) in [6, 6.07) is 0. The maximum Gasteiger partial charge on any atom is 1.00 e. The van der Waals surface area contributed by atoms with Gasteiger partial charge in [-0.25, -0.2) is 0 Å². The number of rotatable bonds is 0. The molecule has 0 rings (SSSR count). The van der Waals surface area contributed by atoms with Crippen LogP contribution in [0.5, 0.6) is 0 Å². The molecule has 2 radical (unpaired) electrons. The molecule has 0 bridgehead atoms. The minimum Gasteiger partial charge on any atom is -0.870 e. The molecule has 0 aromatic rings. The third kappa shape index (κ3) is 138. The SMILES string of the molecule is O=NO.[Al][Cl].[Na+].[OH-]. The average molecular weight is 149 g/mol. The van der Waals surface area contributed by atoms with E-state index < -0.39 is 0 Å². The summed E-state index contributed by atoms with van der Waals surface area (Å²) >= 11 is 1.89. The quantitative estimate of drug-likeness (QED) is 0.231. The number of nitrogens with zero attached hydrogens (tertiary/aromatic N) is 1. The minimum atomic E-state index is 0. The summed E-state index contributed by atoms with van der Waals surface area (Å²) < 4.78 is 0. The van der Waals surface area contributed by atoms with Crippen molar-refractivity contribution < 1.29 is 40.2 Å². The molecule has 0 saturated heterocycles. The van der Waals surface area contributed by atoms with Gasteiger partial charge in [0, 0.05) is 0 Å². The molecule has 0 fully saturated rings. The van der Waals surface area contributed by atoms with Gasteiger partial charge in [0.2, 0.25) is 0 Å². The van der Waals surface area contributed by atoms with Crippen LogP contribution < -0.4 is 29.6 Å². The second-order valence-corrected chi connectivity index (χ2v) is 0.0816. The first-order valence-corrected chi connectivity index (χ1v) is 2.35. The van der Waals surface area contributed by atoms with Crippen molar-refractivity contribution in [2.45, 2.75) is 0 Å². The number of hydrogen-bond donors (Lipinski definition) is 1. The van der Waals surface area contributed by atoms with Gasteiger partial charge in [0.25, 0.3) is 15.4 Å². The molecule has 2 N–H and O–H groups in total. The maximum absolute atomic E-state index is 8.11. The summed E-state index contributed by atoms with van der Waals surface area (Å²) in [5.74, 6) is 0. The van der Waals surface area contributed by atoms with Crippen molar-refractivity contribution >= 4 is 25.4 Å². The van der Waals surface area contributed by atoms with Gasteiger partial charge in [-0.3, -0.25) is 10.0 Å². The molecule has 0 spiro atoms. The topological polar surface area (TPSA) is 79.7 Å². The molecule has 0 saturated carbocycles. The van der Waals surface area contributed by atoms with Crippen molar-refractivity contribution in [1.29, 1.82) is 0 Å². The normalized spacial score (nSPS) is 2.43. The Morgan fingerprint density at radius 3 is 1.57 bits per heavy atom. The minimum absolute atomic E-state index is 0. The third-order valence-electron chi connectivity index (χ3n) is 0. The van der Waals surface area contributed by atoms with Gasteiger partial charge in [-0.1, -0.05) is 0 Å². The van der Waals surface area contributed by atoms with E-state index in [-0.39, 0.29) is 35.0 Å². The van der Waals surface area contributed by atoms with Crippen LogP contribution in [0, 0.1) is 4.91 Å². The van der Waals surface area contributed by atoms with E-state index in [9.17, 15) is 0 Å². The Labute approximate surface area is 75.4 Å². The number of hydrogen-bond acceptors (Lipinski definition) is 3. The third-order valence-corrected chi connectivity index (χ3v) is 0. The van der Waals surface area contributed by atoms with Gasteiger partial charge in [-0.2, -0.15) is 0 Å². The molecule has 7 heteroatoms. The molecule has 7 heavy (non-hydrogen) atoms. The fraction of sp³-hybridized carbons (Fsp3) is 0. The van der Waals surface area contributed by atoms with Crippen LogP contribution in [0.4, 0.5) is 0 Å². The molecule has 0 amide bonds. The van der Waals surface area contributed by atoms with E-state index >= 15 is 0 Å². The smallest absolute Gasteiger partial charge is 0.870 e. The molecular weight excluding hydrogens is 147 g/mol. The molecule has 0 aliphatic rings. The summed E-state index contributed by atoms with van der Waals surface area (Å²) in [5, 5.41) is 7.89. The van der Waals surface area contributed by atoms with Crippen LogP contribution in [0.25, 0.3) is 0 Å².